The fourth-order valence-corrected chi connectivity index (χ4v) is 3.10. The lowest BCUT2D eigenvalue weighted by Crippen LogP contribution is -2.42. The molecule has 1 fully saturated rings. The molecule has 1 saturated heterocycles. The summed E-state index contributed by atoms with van der Waals surface area (Å²) in [5, 5.41) is 0. The maximum atomic E-state index is 13.1. The molecular weight excluding hydrogens is 365 g/mol. The highest BCUT2D eigenvalue weighted by atomic mass is 19.4. The first-order valence-corrected chi connectivity index (χ1v) is 8.25. The van der Waals surface area contributed by atoms with Gasteiger partial charge >= 0.3 is 11.9 Å². The van der Waals surface area contributed by atoms with Gasteiger partial charge in [-0.1, -0.05) is 0 Å². The largest absolute Gasteiger partial charge is 0.393 e. The predicted octanol–water partition coefficient (Wildman–Crippen LogP) is 1.35. The van der Waals surface area contributed by atoms with Gasteiger partial charge in [-0.2, -0.15) is 18.2 Å². The Morgan fingerprint density at radius 3 is 2.74 bits per heavy atom. The number of halogens is 3. The van der Waals surface area contributed by atoms with Gasteiger partial charge in [0.2, 0.25) is 0 Å². The number of anilines is 2. The third-order valence-electron chi connectivity index (χ3n) is 4.42. The molecule has 8 nitrogen and oxygen atoms in total. The smallest absolute Gasteiger partial charge is 0.382 e. The molecule has 3 N–H and O–H groups in total. The van der Waals surface area contributed by atoms with E-state index in [1.165, 1.54) is 23.5 Å². The van der Waals surface area contributed by atoms with Gasteiger partial charge in [0.1, 0.15) is 5.69 Å². The summed E-state index contributed by atoms with van der Waals surface area (Å²) in [7, 11) is 0. The second-order valence-electron chi connectivity index (χ2n) is 6.27. The first kappa shape index (κ1) is 18.8. The average molecular weight is 382 g/mol. The van der Waals surface area contributed by atoms with Crippen LogP contribution in [0.25, 0.3) is 0 Å². The molecule has 1 atom stereocenters. The van der Waals surface area contributed by atoms with Crippen LogP contribution in [0, 0.1) is 5.92 Å². The van der Waals surface area contributed by atoms with Crippen molar-refractivity contribution < 1.29 is 18.0 Å². The minimum absolute atomic E-state index is 0.0428. The number of aromatic nitrogens is 4. The molecule has 1 aliphatic heterocycles. The van der Waals surface area contributed by atoms with E-state index in [1.54, 1.807) is 0 Å². The van der Waals surface area contributed by atoms with Crippen molar-refractivity contribution in [2.24, 2.45) is 5.92 Å². The van der Waals surface area contributed by atoms with Gasteiger partial charge in [-0.25, -0.2) is 14.8 Å². The lowest BCUT2D eigenvalue weighted by atomic mass is 9.96. The number of rotatable bonds is 4. The maximum Gasteiger partial charge on any atom is 0.393 e. The van der Waals surface area contributed by atoms with Crippen molar-refractivity contribution in [3.05, 3.63) is 40.5 Å². The number of nitrogens with one attached hydrogen (secondary N) is 1. The fraction of sp³-hybridized carbons (Fsp3) is 0.438. The second-order valence-corrected chi connectivity index (χ2v) is 6.27. The molecule has 0 spiro atoms. The van der Waals surface area contributed by atoms with Gasteiger partial charge in [0.05, 0.1) is 29.9 Å². The van der Waals surface area contributed by atoms with Gasteiger partial charge in [0.15, 0.2) is 11.6 Å². The summed E-state index contributed by atoms with van der Waals surface area (Å²) in [6.07, 6.45) is -0.383. The lowest BCUT2D eigenvalue weighted by Gasteiger charge is -2.35. The Kier molecular flexibility index (Phi) is 5.10. The molecule has 0 aliphatic carbocycles. The van der Waals surface area contributed by atoms with Crippen molar-refractivity contribution >= 4 is 17.3 Å². The van der Waals surface area contributed by atoms with Crippen molar-refractivity contribution in [2.75, 3.05) is 23.7 Å². The number of hydrogen-bond donors (Lipinski definition) is 2. The van der Waals surface area contributed by atoms with Gasteiger partial charge in [-0.15, -0.1) is 0 Å². The molecule has 0 bridgehead atoms. The Hall–Kier alpha value is -2.98. The van der Waals surface area contributed by atoms with Crippen LogP contribution in [-0.2, 0) is 6.42 Å². The number of H-pyrrole nitrogens is 1. The summed E-state index contributed by atoms with van der Waals surface area (Å²) in [6.45, 7) is 0.112. The van der Waals surface area contributed by atoms with Crippen LogP contribution in [0.4, 0.5) is 24.7 Å². The van der Waals surface area contributed by atoms with E-state index in [-0.39, 0.29) is 36.6 Å². The molecule has 11 heteroatoms. The summed E-state index contributed by atoms with van der Waals surface area (Å²) in [5.41, 5.74) is 5.34. The van der Waals surface area contributed by atoms with Crippen molar-refractivity contribution in [3.63, 3.8) is 0 Å². The minimum Gasteiger partial charge on any atom is -0.382 e. The van der Waals surface area contributed by atoms with Crippen LogP contribution in [0.15, 0.2) is 23.4 Å². The fourth-order valence-electron chi connectivity index (χ4n) is 3.10. The number of carbonyl (C=O) groups excluding carboxylic acids is 1. The van der Waals surface area contributed by atoms with E-state index in [4.69, 9.17) is 5.73 Å². The van der Waals surface area contributed by atoms with Gasteiger partial charge in [0, 0.05) is 25.5 Å². The van der Waals surface area contributed by atoms with E-state index in [2.05, 4.69) is 19.9 Å². The number of carbonyl (C=O) groups is 1. The first-order chi connectivity index (χ1) is 12.8. The van der Waals surface area contributed by atoms with Crippen molar-refractivity contribution in [2.45, 2.75) is 25.4 Å². The number of Topliss-reactive ketones (excluding diaryl/α,β-unsaturated/α-hetero) is 1. The van der Waals surface area contributed by atoms with Crippen LogP contribution in [0.3, 0.4) is 0 Å². The molecule has 2 aromatic heterocycles. The zero-order valence-corrected chi connectivity index (χ0v) is 14.2. The molecule has 1 aliphatic rings. The van der Waals surface area contributed by atoms with Crippen LogP contribution < -0.4 is 16.3 Å². The molecule has 144 valence electrons. The second kappa shape index (κ2) is 7.33. The van der Waals surface area contributed by atoms with E-state index >= 15 is 0 Å². The third kappa shape index (κ3) is 4.23. The highest BCUT2D eigenvalue weighted by molar-refractivity contribution is 5.99. The molecule has 3 heterocycles. The van der Waals surface area contributed by atoms with Crippen LogP contribution in [0.5, 0.6) is 0 Å². The zero-order chi connectivity index (χ0) is 19.6. The van der Waals surface area contributed by atoms with E-state index in [0.717, 1.165) is 0 Å². The van der Waals surface area contributed by atoms with Crippen LogP contribution in [0.1, 0.15) is 29.0 Å². The topological polar surface area (TPSA) is 118 Å². The quantitative estimate of drug-likeness (QED) is 0.766. The third-order valence-corrected chi connectivity index (χ3v) is 4.42. The molecule has 1 unspecified atom stereocenters. The molecule has 27 heavy (non-hydrogen) atoms. The van der Waals surface area contributed by atoms with Gasteiger partial charge in [-0.05, 0) is 12.8 Å². The van der Waals surface area contributed by atoms with Crippen molar-refractivity contribution in [3.8, 4) is 0 Å². The van der Waals surface area contributed by atoms with Crippen molar-refractivity contribution in [1.82, 2.24) is 19.9 Å². The summed E-state index contributed by atoms with van der Waals surface area (Å²) < 4.78 is 39.3. The molecular formula is C16H17F3N6O2. The number of hydrogen-bond acceptors (Lipinski definition) is 7. The van der Waals surface area contributed by atoms with E-state index in [1.807, 2.05) is 0 Å². The Labute approximate surface area is 151 Å². The summed E-state index contributed by atoms with van der Waals surface area (Å²) >= 11 is 0. The van der Waals surface area contributed by atoms with E-state index in [9.17, 15) is 22.8 Å². The Bertz CT molecular complexity index is 898. The molecule has 0 aromatic carbocycles. The normalized spacial score (nSPS) is 17.7. The zero-order valence-electron chi connectivity index (χ0n) is 14.2. The summed E-state index contributed by atoms with van der Waals surface area (Å²) in [4.78, 5) is 39.3. The number of alkyl halides is 3. The lowest BCUT2D eigenvalue weighted by molar-refractivity contribution is -0.176. The minimum atomic E-state index is -4.31. The standard InChI is InChI=1S/C16H17F3N6O2/c17-16(18,19)9-2-1-5-25(8-9)11-7-23-15(27)24-10(11)6-12(26)13-14(20)22-4-3-21-13/h3-4,7,9H,1-2,5-6,8H2,(H2,20,22)(H,23,24,27). The number of piperidine rings is 1. The molecule has 0 saturated carbocycles. The Morgan fingerprint density at radius 1 is 1.30 bits per heavy atom. The first-order valence-electron chi connectivity index (χ1n) is 8.25. The number of ketones is 1. The predicted molar refractivity (Wildman–Crippen MR) is 90.3 cm³/mol. The Morgan fingerprint density at radius 2 is 2.04 bits per heavy atom. The molecule has 0 amide bonds. The van der Waals surface area contributed by atoms with Gasteiger partial charge in [0.25, 0.3) is 0 Å². The van der Waals surface area contributed by atoms with E-state index < -0.39 is 23.6 Å². The number of nitrogens with zero attached hydrogens (tertiary/aromatic N) is 4. The highest BCUT2D eigenvalue weighted by Gasteiger charge is 2.42. The summed E-state index contributed by atoms with van der Waals surface area (Å²) in [6, 6.07) is 0. The monoisotopic (exact) mass is 382 g/mol. The molecule has 3 rings (SSSR count). The SMILES string of the molecule is Nc1nccnc1C(=O)Cc1[nH]c(=O)ncc1N1CCCC(C(F)(F)F)C1. The van der Waals surface area contributed by atoms with Gasteiger partial charge < -0.3 is 15.6 Å². The summed E-state index contributed by atoms with van der Waals surface area (Å²) in [5.74, 6) is -2.04. The Balaban J connectivity index is 1.89. The van der Waals surface area contributed by atoms with Crippen LogP contribution >= 0.6 is 0 Å². The highest BCUT2D eigenvalue weighted by Crippen LogP contribution is 2.35. The molecule has 0 radical (unpaired) electrons. The number of aromatic amines is 1. The molecule has 2 aromatic rings. The number of nitrogen functional groups attached to an aromatic ring is 1. The maximum absolute atomic E-state index is 13.1. The van der Waals surface area contributed by atoms with E-state index in [0.29, 0.717) is 18.7 Å². The van der Waals surface area contributed by atoms with Gasteiger partial charge in [-0.3, -0.25) is 4.79 Å². The average Bonchev–Trinajstić information content (AvgIpc) is 2.61. The number of nitrogens with two attached hydrogens (primary N) is 1. The van der Waals surface area contributed by atoms with Crippen LogP contribution in [-0.4, -0.2) is 45.0 Å². The van der Waals surface area contributed by atoms with Crippen molar-refractivity contribution in [1.29, 1.82) is 0 Å². The van der Waals surface area contributed by atoms with Crippen LogP contribution in [0.2, 0.25) is 0 Å².